The predicted octanol–water partition coefficient (Wildman–Crippen LogP) is 2.95. The number of nitrogens with zero attached hydrogens (tertiary/aromatic N) is 1. The molecule has 100 valence electrons. The van der Waals surface area contributed by atoms with Crippen molar-refractivity contribution < 1.29 is 4.42 Å². The molecule has 1 N–H and O–H groups in total. The third-order valence-electron chi connectivity index (χ3n) is 3.62. The third kappa shape index (κ3) is 2.66. The zero-order chi connectivity index (χ0) is 13.1. The topological polar surface area (TPSA) is 28.4 Å². The zero-order valence-corrected chi connectivity index (χ0v) is 11.4. The molecule has 0 aliphatic carbocycles. The highest BCUT2D eigenvalue weighted by molar-refractivity contribution is 5.55. The van der Waals surface area contributed by atoms with E-state index < -0.39 is 0 Å². The molecular weight excluding hydrogens is 236 g/mol. The van der Waals surface area contributed by atoms with Crippen molar-refractivity contribution in [2.45, 2.75) is 25.9 Å². The highest BCUT2D eigenvalue weighted by Crippen LogP contribution is 2.28. The molecule has 1 aromatic carbocycles. The lowest BCUT2D eigenvalue weighted by Gasteiger charge is -2.30. The molecule has 0 unspecified atom stereocenters. The second-order valence-corrected chi connectivity index (χ2v) is 5.05. The first kappa shape index (κ1) is 12.3. The van der Waals surface area contributed by atoms with Gasteiger partial charge in [0.2, 0.25) is 0 Å². The van der Waals surface area contributed by atoms with Crippen LogP contribution in [0.1, 0.15) is 23.5 Å². The number of para-hydroxylation sites is 1. The molecule has 3 heteroatoms. The van der Waals surface area contributed by atoms with Gasteiger partial charge >= 0.3 is 0 Å². The van der Waals surface area contributed by atoms with Crippen LogP contribution in [0.4, 0.5) is 5.69 Å². The Morgan fingerprint density at radius 3 is 2.89 bits per heavy atom. The highest BCUT2D eigenvalue weighted by atomic mass is 16.3. The monoisotopic (exact) mass is 256 g/mol. The summed E-state index contributed by atoms with van der Waals surface area (Å²) in [6.07, 6.45) is 2.41. The van der Waals surface area contributed by atoms with Crippen molar-refractivity contribution in [3.05, 3.63) is 53.5 Å². The first-order valence-corrected chi connectivity index (χ1v) is 6.92. The summed E-state index contributed by atoms with van der Waals surface area (Å²) in [5, 5.41) is 3.11. The Kier molecular flexibility index (Phi) is 3.56. The van der Waals surface area contributed by atoms with Gasteiger partial charge in [-0.1, -0.05) is 18.2 Å². The van der Waals surface area contributed by atoms with Gasteiger partial charge in [0, 0.05) is 12.2 Å². The molecule has 0 bridgehead atoms. The smallest absolute Gasteiger partial charge is 0.123 e. The maximum atomic E-state index is 5.84. The Labute approximate surface area is 114 Å². The maximum absolute atomic E-state index is 5.84. The fourth-order valence-corrected chi connectivity index (χ4v) is 2.74. The molecule has 1 aliphatic heterocycles. The number of anilines is 1. The fourth-order valence-electron chi connectivity index (χ4n) is 2.74. The Bertz CT molecular complexity index is 547. The summed E-state index contributed by atoms with van der Waals surface area (Å²) in [6, 6.07) is 12.8. The van der Waals surface area contributed by atoms with E-state index in [1.54, 1.807) is 0 Å². The summed E-state index contributed by atoms with van der Waals surface area (Å²) in [4.78, 5) is 2.42. The zero-order valence-electron chi connectivity index (χ0n) is 11.4. The molecule has 0 fully saturated rings. The second-order valence-electron chi connectivity index (χ2n) is 5.05. The van der Waals surface area contributed by atoms with Crippen LogP contribution in [0.2, 0.25) is 0 Å². The fraction of sp³-hybridized carbons (Fsp3) is 0.375. The number of furan rings is 1. The largest absolute Gasteiger partial charge is 0.463 e. The Balaban J connectivity index is 1.76. The molecule has 1 aromatic heterocycles. The third-order valence-corrected chi connectivity index (χ3v) is 3.62. The van der Waals surface area contributed by atoms with Gasteiger partial charge in [-0.05, 0) is 43.7 Å². The minimum Gasteiger partial charge on any atom is -0.463 e. The van der Waals surface area contributed by atoms with Gasteiger partial charge in [0.25, 0.3) is 0 Å². The summed E-state index contributed by atoms with van der Waals surface area (Å²) >= 11 is 0. The first-order chi connectivity index (χ1) is 9.36. The number of hydrogen-bond donors (Lipinski definition) is 1. The summed E-state index contributed by atoms with van der Waals surface area (Å²) < 4.78 is 5.84. The van der Waals surface area contributed by atoms with E-state index in [1.165, 1.54) is 24.1 Å². The van der Waals surface area contributed by atoms with Crippen LogP contribution in [-0.2, 0) is 19.5 Å². The highest BCUT2D eigenvalue weighted by Gasteiger charge is 2.17. The van der Waals surface area contributed by atoms with Gasteiger partial charge < -0.3 is 14.6 Å². The Morgan fingerprint density at radius 1 is 1.16 bits per heavy atom. The van der Waals surface area contributed by atoms with Gasteiger partial charge in [0.1, 0.15) is 11.5 Å². The van der Waals surface area contributed by atoms with Crippen LogP contribution in [0.5, 0.6) is 0 Å². The van der Waals surface area contributed by atoms with E-state index in [0.717, 1.165) is 31.2 Å². The van der Waals surface area contributed by atoms with Crippen LogP contribution < -0.4 is 10.2 Å². The van der Waals surface area contributed by atoms with E-state index in [0.29, 0.717) is 0 Å². The van der Waals surface area contributed by atoms with Gasteiger partial charge in [-0.25, -0.2) is 0 Å². The van der Waals surface area contributed by atoms with Crippen molar-refractivity contribution in [3.8, 4) is 0 Å². The van der Waals surface area contributed by atoms with Crippen LogP contribution in [0.15, 0.2) is 40.8 Å². The predicted molar refractivity (Wildman–Crippen MR) is 77.3 cm³/mol. The van der Waals surface area contributed by atoms with Gasteiger partial charge in [-0.15, -0.1) is 0 Å². The minimum absolute atomic E-state index is 0.788. The molecule has 2 aromatic rings. The quantitative estimate of drug-likeness (QED) is 0.911. The summed E-state index contributed by atoms with van der Waals surface area (Å²) in [7, 11) is 1.93. The van der Waals surface area contributed by atoms with Crippen molar-refractivity contribution in [1.82, 2.24) is 5.32 Å². The van der Waals surface area contributed by atoms with Crippen molar-refractivity contribution >= 4 is 5.69 Å². The van der Waals surface area contributed by atoms with Crippen molar-refractivity contribution in [3.63, 3.8) is 0 Å². The molecule has 19 heavy (non-hydrogen) atoms. The van der Waals surface area contributed by atoms with Gasteiger partial charge in [-0.3, -0.25) is 0 Å². The first-order valence-electron chi connectivity index (χ1n) is 6.92. The van der Waals surface area contributed by atoms with E-state index in [2.05, 4.69) is 46.6 Å². The minimum atomic E-state index is 0.788. The molecule has 0 saturated carbocycles. The number of nitrogens with one attached hydrogen (secondary N) is 1. The summed E-state index contributed by atoms with van der Waals surface area (Å²) in [6.45, 7) is 2.76. The van der Waals surface area contributed by atoms with E-state index >= 15 is 0 Å². The number of aryl methyl sites for hydroxylation is 1. The maximum Gasteiger partial charge on any atom is 0.123 e. The molecule has 0 saturated heterocycles. The van der Waals surface area contributed by atoms with Crippen LogP contribution in [-0.4, -0.2) is 13.6 Å². The van der Waals surface area contributed by atoms with E-state index in [4.69, 9.17) is 4.42 Å². The molecule has 3 nitrogen and oxygen atoms in total. The summed E-state index contributed by atoms with van der Waals surface area (Å²) in [5.74, 6) is 2.05. The van der Waals surface area contributed by atoms with Crippen molar-refractivity contribution in [2.75, 3.05) is 18.5 Å². The lowest BCUT2D eigenvalue weighted by Crippen LogP contribution is -2.28. The lowest BCUT2D eigenvalue weighted by molar-refractivity contribution is 0.448. The molecule has 1 aliphatic rings. The van der Waals surface area contributed by atoms with Gasteiger partial charge in [-0.2, -0.15) is 0 Å². The number of fused-ring (bicyclic) bond motifs is 1. The van der Waals surface area contributed by atoms with Gasteiger partial charge in [0.05, 0.1) is 13.1 Å². The molecule has 0 radical (unpaired) electrons. The second kappa shape index (κ2) is 5.49. The average Bonchev–Trinajstić information content (AvgIpc) is 2.87. The number of rotatable bonds is 4. The molecule has 2 heterocycles. The van der Waals surface area contributed by atoms with Crippen LogP contribution >= 0.6 is 0 Å². The molecule has 0 amide bonds. The van der Waals surface area contributed by atoms with Crippen molar-refractivity contribution in [2.24, 2.45) is 0 Å². The van der Waals surface area contributed by atoms with Gasteiger partial charge in [0.15, 0.2) is 0 Å². The van der Waals surface area contributed by atoms with Crippen LogP contribution in [0, 0.1) is 0 Å². The number of hydrogen-bond acceptors (Lipinski definition) is 3. The molecular formula is C16H20N2O. The summed E-state index contributed by atoms with van der Waals surface area (Å²) in [5.41, 5.74) is 2.82. The van der Waals surface area contributed by atoms with Crippen molar-refractivity contribution in [1.29, 1.82) is 0 Å². The normalized spacial score (nSPS) is 14.5. The lowest BCUT2D eigenvalue weighted by atomic mass is 10.0. The SMILES string of the molecule is CNCc1ccc(CN2CCCc3ccccc32)o1. The van der Waals surface area contributed by atoms with Crippen LogP contribution in [0.25, 0.3) is 0 Å². The molecule has 0 atom stereocenters. The average molecular weight is 256 g/mol. The Morgan fingerprint density at radius 2 is 2.00 bits per heavy atom. The number of benzene rings is 1. The molecule has 3 rings (SSSR count). The van der Waals surface area contributed by atoms with E-state index in [9.17, 15) is 0 Å². The van der Waals surface area contributed by atoms with E-state index in [1.807, 2.05) is 7.05 Å². The molecule has 0 spiro atoms. The Hall–Kier alpha value is -1.74. The standard InChI is InChI=1S/C16H20N2O/c1-17-11-14-8-9-15(19-14)12-18-10-4-6-13-5-2-3-7-16(13)18/h2-3,5,7-9,17H,4,6,10-12H2,1H3. The van der Waals surface area contributed by atoms with E-state index in [-0.39, 0.29) is 0 Å². The van der Waals surface area contributed by atoms with Crippen LogP contribution in [0.3, 0.4) is 0 Å².